The highest BCUT2D eigenvalue weighted by Crippen LogP contribution is 2.24. The number of aromatic amines is 1. The highest BCUT2D eigenvalue weighted by Gasteiger charge is 2.13. The number of carbonyl (C=O) groups excluding carboxylic acids is 1. The van der Waals surface area contributed by atoms with E-state index in [9.17, 15) is 9.18 Å². The first-order valence-electron chi connectivity index (χ1n) is 5.43. The summed E-state index contributed by atoms with van der Waals surface area (Å²) in [5.41, 5.74) is 1.85. The minimum atomic E-state index is -0.295. The van der Waals surface area contributed by atoms with Crippen molar-refractivity contribution in [2.24, 2.45) is 0 Å². The van der Waals surface area contributed by atoms with Gasteiger partial charge in [-0.15, -0.1) is 0 Å². The molecule has 0 atom stereocenters. The van der Waals surface area contributed by atoms with Crippen LogP contribution in [0.5, 0.6) is 0 Å². The van der Waals surface area contributed by atoms with Gasteiger partial charge in [0.1, 0.15) is 5.82 Å². The second kappa shape index (κ2) is 4.10. The van der Waals surface area contributed by atoms with E-state index < -0.39 is 0 Å². The summed E-state index contributed by atoms with van der Waals surface area (Å²) in [6.07, 6.45) is 4.07. The smallest absolute Gasteiger partial charge is 0.155 e. The van der Waals surface area contributed by atoms with Crippen LogP contribution >= 0.6 is 0 Å². The Morgan fingerprint density at radius 2 is 2.33 bits per heavy atom. The van der Waals surface area contributed by atoms with E-state index in [1.165, 1.54) is 12.3 Å². The Labute approximate surface area is 101 Å². The lowest BCUT2D eigenvalue weighted by molar-refractivity contribution is 0.112. The monoisotopic (exact) mass is 244 g/mol. The predicted octanol–water partition coefficient (Wildman–Crippen LogP) is 2.70. The van der Waals surface area contributed by atoms with Crippen molar-refractivity contribution in [2.45, 2.75) is 6.42 Å². The number of hydrogen-bond donors (Lipinski definition) is 1. The third-order valence-corrected chi connectivity index (χ3v) is 2.89. The second-order valence-corrected chi connectivity index (χ2v) is 3.98. The van der Waals surface area contributed by atoms with Crippen molar-refractivity contribution in [3.63, 3.8) is 0 Å². The van der Waals surface area contributed by atoms with Crippen LogP contribution in [0.25, 0.3) is 10.9 Å². The Morgan fingerprint density at radius 3 is 3.17 bits per heavy atom. The fraction of sp³-hybridized carbons (Fsp3) is 0.0769. The molecule has 18 heavy (non-hydrogen) atoms. The first kappa shape index (κ1) is 10.7. The van der Waals surface area contributed by atoms with Crippen LogP contribution in [-0.4, -0.2) is 16.4 Å². The third kappa shape index (κ3) is 1.60. The lowest BCUT2D eigenvalue weighted by Crippen LogP contribution is -1.90. The van der Waals surface area contributed by atoms with Gasteiger partial charge in [0.2, 0.25) is 0 Å². The zero-order valence-electron chi connectivity index (χ0n) is 9.31. The fourth-order valence-electron chi connectivity index (χ4n) is 2.02. The van der Waals surface area contributed by atoms with E-state index in [2.05, 4.69) is 10.1 Å². The van der Waals surface area contributed by atoms with Gasteiger partial charge in [0.05, 0.1) is 11.8 Å². The van der Waals surface area contributed by atoms with Gasteiger partial charge in [-0.1, -0.05) is 11.2 Å². The molecule has 2 aromatic heterocycles. The van der Waals surface area contributed by atoms with Crippen LogP contribution in [0, 0.1) is 5.82 Å². The van der Waals surface area contributed by atoms with Gasteiger partial charge in [0.15, 0.2) is 12.0 Å². The Kier molecular flexibility index (Phi) is 2.44. The Hall–Kier alpha value is -2.43. The molecule has 0 aliphatic heterocycles. The van der Waals surface area contributed by atoms with Crippen molar-refractivity contribution in [2.75, 3.05) is 0 Å². The molecule has 0 unspecified atom stereocenters. The number of halogens is 1. The van der Waals surface area contributed by atoms with E-state index in [1.807, 2.05) is 0 Å². The molecular formula is C13H9FN2O2. The van der Waals surface area contributed by atoms with Gasteiger partial charge in [-0.05, 0) is 17.7 Å². The zero-order valence-corrected chi connectivity index (χ0v) is 9.31. The molecule has 0 aliphatic rings. The van der Waals surface area contributed by atoms with E-state index in [1.54, 1.807) is 18.3 Å². The maximum absolute atomic E-state index is 13.8. The average molecular weight is 244 g/mol. The number of fused-ring (bicyclic) bond motifs is 1. The van der Waals surface area contributed by atoms with Crippen molar-refractivity contribution in [3.8, 4) is 0 Å². The molecule has 0 saturated carbocycles. The predicted molar refractivity (Wildman–Crippen MR) is 63.0 cm³/mol. The van der Waals surface area contributed by atoms with Crippen LogP contribution in [0.1, 0.15) is 21.7 Å². The van der Waals surface area contributed by atoms with Crippen LogP contribution in [-0.2, 0) is 6.42 Å². The number of nitrogens with zero attached hydrogens (tertiary/aromatic N) is 1. The van der Waals surface area contributed by atoms with Gasteiger partial charge in [0.25, 0.3) is 0 Å². The summed E-state index contributed by atoms with van der Waals surface area (Å²) in [5.74, 6) is 0.144. The number of nitrogens with one attached hydrogen (secondary N) is 1. The van der Waals surface area contributed by atoms with Crippen LogP contribution in [0.3, 0.4) is 0 Å². The topological polar surface area (TPSA) is 58.9 Å². The van der Waals surface area contributed by atoms with Gasteiger partial charge < -0.3 is 9.51 Å². The van der Waals surface area contributed by atoms with Gasteiger partial charge in [-0.2, -0.15) is 0 Å². The Balaban J connectivity index is 2.08. The van der Waals surface area contributed by atoms with Crippen molar-refractivity contribution in [3.05, 3.63) is 53.3 Å². The SMILES string of the molecule is O=Cc1cnoc1Cc1c[nH]c2cccc(F)c12. The lowest BCUT2D eigenvalue weighted by atomic mass is 10.1. The molecule has 2 heterocycles. The minimum absolute atomic E-state index is 0.295. The zero-order chi connectivity index (χ0) is 12.5. The summed E-state index contributed by atoms with van der Waals surface area (Å²) >= 11 is 0. The Morgan fingerprint density at radius 1 is 1.44 bits per heavy atom. The summed E-state index contributed by atoms with van der Waals surface area (Å²) in [5, 5.41) is 4.09. The molecule has 3 rings (SSSR count). The molecule has 0 spiro atoms. The second-order valence-electron chi connectivity index (χ2n) is 3.98. The molecule has 5 heteroatoms. The molecule has 0 saturated heterocycles. The number of benzene rings is 1. The summed E-state index contributed by atoms with van der Waals surface area (Å²) < 4.78 is 18.8. The van der Waals surface area contributed by atoms with Crippen LogP contribution in [0.2, 0.25) is 0 Å². The number of carbonyl (C=O) groups is 1. The lowest BCUT2D eigenvalue weighted by Gasteiger charge is -1.98. The van der Waals surface area contributed by atoms with Gasteiger partial charge >= 0.3 is 0 Å². The molecule has 90 valence electrons. The molecule has 1 N–H and O–H groups in total. The standard InChI is InChI=1S/C13H9FN2O2/c14-10-2-1-3-11-13(10)8(5-15-11)4-12-9(7-17)6-16-18-12/h1-3,5-7,15H,4H2. The molecule has 0 amide bonds. The number of aromatic nitrogens is 2. The van der Waals surface area contributed by atoms with Gasteiger partial charge in [-0.25, -0.2) is 4.39 Å². The highest BCUT2D eigenvalue weighted by atomic mass is 19.1. The molecule has 0 fully saturated rings. The van der Waals surface area contributed by atoms with E-state index in [-0.39, 0.29) is 5.82 Å². The largest absolute Gasteiger partial charge is 0.361 e. The van der Waals surface area contributed by atoms with E-state index in [0.29, 0.717) is 29.4 Å². The Bertz CT molecular complexity index is 715. The van der Waals surface area contributed by atoms with E-state index in [4.69, 9.17) is 4.52 Å². The minimum Gasteiger partial charge on any atom is -0.361 e. The van der Waals surface area contributed by atoms with Crippen molar-refractivity contribution < 1.29 is 13.7 Å². The number of hydrogen-bond acceptors (Lipinski definition) is 3. The number of rotatable bonds is 3. The van der Waals surface area contributed by atoms with Crippen LogP contribution < -0.4 is 0 Å². The van der Waals surface area contributed by atoms with Gasteiger partial charge in [-0.3, -0.25) is 4.79 Å². The fourth-order valence-corrected chi connectivity index (χ4v) is 2.02. The third-order valence-electron chi connectivity index (χ3n) is 2.89. The highest BCUT2D eigenvalue weighted by molar-refractivity contribution is 5.84. The first-order chi connectivity index (χ1) is 8.79. The summed E-state index contributed by atoms with van der Waals surface area (Å²) in [7, 11) is 0. The quantitative estimate of drug-likeness (QED) is 0.720. The summed E-state index contributed by atoms with van der Waals surface area (Å²) in [6, 6.07) is 4.84. The summed E-state index contributed by atoms with van der Waals surface area (Å²) in [4.78, 5) is 13.8. The van der Waals surface area contributed by atoms with E-state index >= 15 is 0 Å². The van der Waals surface area contributed by atoms with E-state index in [0.717, 1.165) is 11.1 Å². The molecule has 1 aromatic carbocycles. The molecule has 0 aliphatic carbocycles. The van der Waals surface area contributed by atoms with Crippen molar-refractivity contribution in [1.82, 2.24) is 10.1 Å². The molecule has 0 radical (unpaired) electrons. The average Bonchev–Trinajstić information content (AvgIpc) is 2.97. The number of aldehydes is 1. The maximum atomic E-state index is 13.8. The maximum Gasteiger partial charge on any atom is 0.155 e. The van der Waals surface area contributed by atoms with Crippen molar-refractivity contribution >= 4 is 17.2 Å². The molecule has 4 nitrogen and oxygen atoms in total. The summed E-state index contributed by atoms with van der Waals surface area (Å²) in [6.45, 7) is 0. The molecule has 3 aromatic rings. The van der Waals surface area contributed by atoms with Crippen LogP contribution in [0.15, 0.2) is 35.1 Å². The number of H-pyrrole nitrogens is 1. The normalized spacial score (nSPS) is 10.9. The first-order valence-corrected chi connectivity index (χ1v) is 5.43. The molecule has 0 bridgehead atoms. The van der Waals surface area contributed by atoms with Gasteiger partial charge in [0, 0.05) is 23.5 Å². The molecular weight excluding hydrogens is 235 g/mol. The van der Waals surface area contributed by atoms with Crippen LogP contribution in [0.4, 0.5) is 4.39 Å². The van der Waals surface area contributed by atoms with Crippen molar-refractivity contribution in [1.29, 1.82) is 0 Å².